The molecule has 0 heterocycles. The van der Waals surface area contributed by atoms with Gasteiger partial charge in [0.05, 0.1) is 12.3 Å². The molecule has 4 N–H and O–H groups in total. The Bertz CT molecular complexity index is 369. The Labute approximate surface area is 119 Å². The highest BCUT2D eigenvalue weighted by Gasteiger charge is 2.35. The number of primary amides is 1. The molecule has 6 nitrogen and oxygen atoms in total. The molecule has 0 saturated heterocycles. The van der Waals surface area contributed by atoms with Gasteiger partial charge < -0.3 is 16.3 Å². The van der Waals surface area contributed by atoms with Crippen LogP contribution < -0.4 is 11.1 Å². The summed E-state index contributed by atoms with van der Waals surface area (Å²) in [4.78, 5) is 23.8. The van der Waals surface area contributed by atoms with Crippen molar-refractivity contribution < 1.29 is 14.8 Å². The summed E-state index contributed by atoms with van der Waals surface area (Å²) in [6, 6.07) is -0.317. The van der Waals surface area contributed by atoms with E-state index < -0.39 is 5.91 Å². The van der Waals surface area contributed by atoms with Gasteiger partial charge in [-0.05, 0) is 25.2 Å². The quantitative estimate of drug-likeness (QED) is 0.388. The summed E-state index contributed by atoms with van der Waals surface area (Å²) in [5, 5.41) is 14.5. The molecule has 0 aromatic rings. The number of amides is 2. The zero-order chi connectivity index (χ0) is 15.1. The molecule has 0 aliphatic heterocycles. The molecule has 3 atom stereocenters. The molecule has 0 radical (unpaired) electrons. The second-order valence-corrected chi connectivity index (χ2v) is 5.91. The first-order valence-corrected chi connectivity index (χ1v) is 7.23. The number of hydrogen-bond acceptors (Lipinski definition) is 4. The molecule has 20 heavy (non-hydrogen) atoms. The lowest BCUT2D eigenvalue weighted by Gasteiger charge is -2.29. The van der Waals surface area contributed by atoms with E-state index in [4.69, 9.17) is 10.9 Å². The minimum Gasteiger partial charge on any atom is -0.411 e. The van der Waals surface area contributed by atoms with Crippen LogP contribution in [0.4, 0.5) is 0 Å². The third-order valence-corrected chi connectivity index (χ3v) is 3.77. The summed E-state index contributed by atoms with van der Waals surface area (Å²) < 4.78 is 0. The summed E-state index contributed by atoms with van der Waals surface area (Å²) in [7, 11) is 0. The van der Waals surface area contributed by atoms with Crippen molar-refractivity contribution in [2.24, 2.45) is 28.6 Å². The molecule has 1 unspecified atom stereocenters. The maximum Gasteiger partial charge on any atom is 0.224 e. The van der Waals surface area contributed by atoms with Crippen molar-refractivity contribution in [2.75, 3.05) is 0 Å². The van der Waals surface area contributed by atoms with Gasteiger partial charge in [-0.25, -0.2) is 0 Å². The fraction of sp³-hybridized carbons (Fsp3) is 0.786. The SMILES string of the molecule is CC(C)CC(C=NO)NC(=O)[C@@H]1CCCC[C@@H]1C(N)=O. The Morgan fingerprint density at radius 1 is 1.35 bits per heavy atom. The topological polar surface area (TPSA) is 105 Å². The van der Waals surface area contributed by atoms with E-state index in [1.807, 2.05) is 13.8 Å². The van der Waals surface area contributed by atoms with Crippen LogP contribution in [-0.2, 0) is 9.59 Å². The van der Waals surface area contributed by atoms with Gasteiger partial charge in [0.25, 0.3) is 0 Å². The number of carbonyl (C=O) groups is 2. The lowest BCUT2D eigenvalue weighted by Crippen LogP contribution is -2.46. The lowest BCUT2D eigenvalue weighted by atomic mass is 9.78. The monoisotopic (exact) mass is 283 g/mol. The number of hydrogen-bond donors (Lipinski definition) is 3. The number of nitrogens with zero attached hydrogens (tertiary/aromatic N) is 1. The maximum absolute atomic E-state index is 12.3. The molecule has 1 aliphatic rings. The first-order chi connectivity index (χ1) is 9.45. The number of carbonyl (C=O) groups excluding carboxylic acids is 2. The predicted octanol–water partition coefficient (Wildman–Crippen LogP) is 1.27. The molecule has 1 saturated carbocycles. The van der Waals surface area contributed by atoms with Crippen LogP contribution in [0.3, 0.4) is 0 Å². The minimum absolute atomic E-state index is 0.168. The molecule has 1 fully saturated rings. The molecule has 0 bridgehead atoms. The Hall–Kier alpha value is -1.59. The summed E-state index contributed by atoms with van der Waals surface area (Å²) in [6.07, 6.45) is 5.24. The molecule has 1 aliphatic carbocycles. The number of oxime groups is 1. The summed E-state index contributed by atoms with van der Waals surface area (Å²) in [5.74, 6) is -0.950. The fourth-order valence-corrected chi connectivity index (χ4v) is 2.82. The van der Waals surface area contributed by atoms with Crippen LogP contribution in [-0.4, -0.2) is 29.3 Å². The van der Waals surface area contributed by atoms with Gasteiger partial charge in [0.15, 0.2) is 0 Å². The third kappa shape index (κ3) is 4.83. The molecule has 0 aromatic heterocycles. The van der Waals surface area contributed by atoms with Crippen LogP contribution in [0.15, 0.2) is 5.16 Å². The van der Waals surface area contributed by atoms with Crippen molar-refractivity contribution in [3.63, 3.8) is 0 Å². The van der Waals surface area contributed by atoms with Crippen molar-refractivity contribution in [3.05, 3.63) is 0 Å². The number of rotatable bonds is 6. The lowest BCUT2D eigenvalue weighted by molar-refractivity contribution is -0.135. The molecule has 2 amide bonds. The molecule has 114 valence electrons. The van der Waals surface area contributed by atoms with Crippen LogP contribution in [0.1, 0.15) is 46.0 Å². The average Bonchev–Trinajstić information content (AvgIpc) is 2.38. The van der Waals surface area contributed by atoms with E-state index in [0.29, 0.717) is 25.2 Å². The molecule has 0 aromatic carbocycles. The van der Waals surface area contributed by atoms with Gasteiger partial charge in [0.2, 0.25) is 11.8 Å². The highest BCUT2D eigenvalue weighted by molar-refractivity contribution is 5.88. The van der Waals surface area contributed by atoms with Crippen LogP contribution in [0.5, 0.6) is 0 Å². The van der Waals surface area contributed by atoms with Gasteiger partial charge in [-0.3, -0.25) is 9.59 Å². The summed E-state index contributed by atoms with van der Waals surface area (Å²) in [6.45, 7) is 4.05. The molecule has 0 spiro atoms. The predicted molar refractivity (Wildman–Crippen MR) is 76.3 cm³/mol. The van der Waals surface area contributed by atoms with E-state index in [1.54, 1.807) is 0 Å². The largest absolute Gasteiger partial charge is 0.411 e. The Kier molecular flexibility index (Phi) is 6.48. The van der Waals surface area contributed by atoms with Gasteiger partial charge in [-0.15, -0.1) is 0 Å². The molecule has 6 heteroatoms. The van der Waals surface area contributed by atoms with Gasteiger partial charge in [0, 0.05) is 11.8 Å². The number of nitrogens with two attached hydrogens (primary N) is 1. The first-order valence-electron chi connectivity index (χ1n) is 7.23. The second-order valence-electron chi connectivity index (χ2n) is 5.91. The van der Waals surface area contributed by atoms with Crippen molar-refractivity contribution in [3.8, 4) is 0 Å². The van der Waals surface area contributed by atoms with Crippen LogP contribution in [0.2, 0.25) is 0 Å². The van der Waals surface area contributed by atoms with E-state index in [1.165, 1.54) is 6.21 Å². The highest BCUT2D eigenvalue weighted by Crippen LogP contribution is 2.30. The zero-order valence-corrected chi connectivity index (χ0v) is 12.2. The van der Waals surface area contributed by atoms with Gasteiger partial charge in [0.1, 0.15) is 0 Å². The normalized spacial score (nSPS) is 24.8. The van der Waals surface area contributed by atoms with E-state index >= 15 is 0 Å². The summed E-state index contributed by atoms with van der Waals surface area (Å²) in [5.41, 5.74) is 5.38. The van der Waals surface area contributed by atoms with Gasteiger partial charge >= 0.3 is 0 Å². The van der Waals surface area contributed by atoms with Gasteiger partial charge in [-0.1, -0.05) is 31.8 Å². The Balaban J connectivity index is 2.68. The van der Waals surface area contributed by atoms with Crippen molar-refractivity contribution in [2.45, 2.75) is 52.0 Å². The van der Waals surface area contributed by atoms with Crippen molar-refractivity contribution >= 4 is 18.0 Å². The maximum atomic E-state index is 12.3. The number of nitrogens with one attached hydrogen (secondary N) is 1. The van der Waals surface area contributed by atoms with E-state index in [2.05, 4.69) is 10.5 Å². The fourth-order valence-electron chi connectivity index (χ4n) is 2.82. The minimum atomic E-state index is -0.402. The Morgan fingerprint density at radius 2 is 1.95 bits per heavy atom. The molecular weight excluding hydrogens is 258 g/mol. The second kappa shape index (κ2) is 7.87. The highest BCUT2D eigenvalue weighted by atomic mass is 16.4. The van der Waals surface area contributed by atoms with Crippen LogP contribution in [0.25, 0.3) is 0 Å². The van der Waals surface area contributed by atoms with E-state index in [9.17, 15) is 9.59 Å². The van der Waals surface area contributed by atoms with Crippen molar-refractivity contribution in [1.82, 2.24) is 5.32 Å². The molecule has 1 rings (SSSR count). The zero-order valence-electron chi connectivity index (χ0n) is 12.2. The van der Waals surface area contributed by atoms with E-state index in [-0.39, 0.29) is 23.8 Å². The van der Waals surface area contributed by atoms with Crippen LogP contribution >= 0.6 is 0 Å². The van der Waals surface area contributed by atoms with Gasteiger partial charge in [-0.2, -0.15) is 0 Å². The average molecular weight is 283 g/mol. The first kappa shape index (κ1) is 16.5. The van der Waals surface area contributed by atoms with E-state index in [0.717, 1.165) is 12.8 Å². The Morgan fingerprint density at radius 3 is 2.45 bits per heavy atom. The third-order valence-electron chi connectivity index (χ3n) is 3.77. The smallest absolute Gasteiger partial charge is 0.224 e. The standard InChI is InChI=1S/C14H25N3O3/c1-9(2)7-10(8-16-20)17-14(19)12-6-4-3-5-11(12)13(15)18/h8-12,20H,3-7H2,1-2H3,(H2,15,18)(H,17,19)/t10?,11-,12+/m0/s1. The summed E-state index contributed by atoms with van der Waals surface area (Å²) >= 11 is 0. The van der Waals surface area contributed by atoms with Crippen molar-refractivity contribution in [1.29, 1.82) is 0 Å². The molecular formula is C14H25N3O3. The van der Waals surface area contributed by atoms with Crippen LogP contribution in [0, 0.1) is 17.8 Å².